The molecule has 0 spiro atoms. The van der Waals surface area contributed by atoms with Crippen LogP contribution in [0.15, 0.2) is 12.2 Å². The second kappa shape index (κ2) is 9.70. The van der Waals surface area contributed by atoms with E-state index >= 15 is 0 Å². The fraction of sp³-hybridized carbons (Fsp3) is 0.739. The van der Waals surface area contributed by atoms with Gasteiger partial charge in [-0.05, 0) is 19.3 Å². The SMILES string of the molecule is C=C1C(=O)OC2C1C(OC(=O)C(C)C)C(O)C(C)CCC(=O)C(C)(O)C2OC(=O)C(C)C. The van der Waals surface area contributed by atoms with Crippen molar-refractivity contribution in [1.29, 1.82) is 0 Å². The van der Waals surface area contributed by atoms with Gasteiger partial charge in [0.2, 0.25) is 0 Å². The van der Waals surface area contributed by atoms with Crippen molar-refractivity contribution < 1.29 is 43.6 Å². The number of Topliss-reactive ketones (excluding diaryl/α,β-unsaturated/α-hetero) is 1. The van der Waals surface area contributed by atoms with Gasteiger partial charge in [0, 0.05) is 12.0 Å². The lowest BCUT2D eigenvalue weighted by Crippen LogP contribution is -2.59. The van der Waals surface area contributed by atoms with Crippen LogP contribution < -0.4 is 0 Å². The minimum atomic E-state index is -2.19. The Morgan fingerprint density at radius 1 is 1.12 bits per heavy atom. The van der Waals surface area contributed by atoms with E-state index in [1.54, 1.807) is 34.6 Å². The molecule has 0 aromatic carbocycles. The van der Waals surface area contributed by atoms with E-state index in [0.29, 0.717) is 0 Å². The number of rotatable bonds is 4. The van der Waals surface area contributed by atoms with Crippen molar-refractivity contribution in [2.45, 2.75) is 84.4 Å². The van der Waals surface area contributed by atoms with E-state index in [0.717, 1.165) is 0 Å². The number of carbonyl (C=O) groups is 4. The zero-order valence-corrected chi connectivity index (χ0v) is 19.5. The van der Waals surface area contributed by atoms with Gasteiger partial charge in [0.05, 0.1) is 23.9 Å². The molecule has 1 saturated carbocycles. The predicted octanol–water partition coefficient (Wildman–Crippen LogP) is 1.33. The fourth-order valence-electron chi connectivity index (χ4n) is 3.90. The van der Waals surface area contributed by atoms with Gasteiger partial charge in [0.15, 0.2) is 23.6 Å². The number of fused-ring (bicyclic) bond motifs is 1. The van der Waals surface area contributed by atoms with Gasteiger partial charge in [-0.1, -0.05) is 41.2 Å². The minimum Gasteiger partial charge on any atom is -0.459 e. The molecule has 1 heterocycles. The summed E-state index contributed by atoms with van der Waals surface area (Å²) >= 11 is 0. The second-order valence-electron chi connectivity index (χ2n) is 9.57. The van der Waals surface area contributed by atoms with Crippen molar-refractivity contribution in [3.05, 3.63) is 12.2 Å². The first-order valence-electron chi connectivity index (χ1n) is 10.9. The zero-order chi connectivity index (χ0) is 24.5. The third-order valence-corrected chi connectivity index (χ3v) is 6.22. The van der Waals surface area contributed by atoms with Crippen LogP contribution in [-0.2, 0) is 33.4 Å². The number of aliphatic hydroxyl groups is 2. The number of esters is 3. The van der Waals surface area contributed by atoms with E-state index in [1.165, 1.54) is 6.92 Å². The molecule has 0 bridgehead atoms. The lowest BCUT2D eigenvalue weighted by molar-refractivity contribution is -0.200. The predicted molar refractivity (Wildman–Crippen MR) is 112 cm³/mol. The molecule has 2 N–H and O–H groups in total. The van der Waals surface area contributed by atoms with E-state index in [2.05, 4.69) is 6.58 Å². The van der Waals surface area contributed by atoms with Crippen molar-refractivity contribution in [2.75, 3.05) is 0 Å². The van der Waals surface area contributed by atoms with Crippen molar-refractivity contribution in [2.24, 2.45) is 23.7 Å². The summed E-state index contributed by atoms with van der Waals surface area (Å²) in [7, 11) is 0. The summed E-state index contributed by atoms with van der Waals surface area (Å²) < 4.78 is 16.5. The molecule has 32 heavy (non-hydrogen) atoms. The topological polar surface area (TPSA) is 136 Å². The van der Waals surface area contributed by atoms with Gasteiger partial charge in [-0.25, -0.2) is 4.79 Å². The number of hydrogen-bond acceptors (Lipinski definition) is 9. The van der Waals surface area contributed by atoms with Crippen molar-refractivity contribution in [3.63, 3.8) is 0 Å². The molecule has 180 valence electrons. The molecular formula is C23H34O9. The van der Waals surface area contributed by atoms with E-state index in [1.807, 2.05) is 0 Å². The Labute approximate surface area is 188 Å². The molecule has 0 radical (unpaired) electrons. The Balaban J connectivity index is 2.64. The lowest BCUT2D eigenvalue weighted by Gasteiger charge is -2.41. The standard InChI is InChI=1S/C23H34O9/c1-10(2)20(26)30-17-15-13(6)22(28)31-18(15)19(32-21(27)11(3)4)23(7,29)14(24)9-8-12(5)16(17)25/h10-12,15-19,25,29H,6,8-9H2,1-5,7H3. The summed E-state index contributed by atoms with van der Waals surface area (Å²) in [5.41, 5.74) is -2.29. The lowest BCUT2D eigenvalue weighted by atomic mass is 9.75. The molecule has 0 aromatic rings. The number of ether oxygens (including phenoxy) is 3. The first kappa shape index (κ1) is 26.0. The largest absolute Gasteiger partial charge is 0.459 e. The second-order valence-corrected chi connectivity index (χ2v) is 9.57. The molecule has 1 aliphatic heterocycles. The van der Waals surface area contributed by atoms with Gasteiger partial charge < -0.3 is 24.4 Å². The first-order valence-corrected chi connectivity index (χ1v) is 10.9. The Kier molecular flexibility index (Phi) is 7.88. The molecule has 1 aliphatic carbocycles. The number of carbonyl (C=O) groups excluding carboxylic acids is 4. The highest BCUT2D eigenvalue weighted by Crippen LogP contribution is 2.41. The third-order valence-electron chi connectivity index (χ3n) is 6.22. The van der Waals surface area contributed by atoms with Crippen LogP contribution in [-0.4, -0.2) is 63.9 Å². The van der Waals surface area contributed by atoms with Crippen LogP contribution in [0.3, 0.4) is 0 Å². The molecule has 1 saturated heterocycles. The number of aliphatic hydroxyl groups excluding tert-OH is 1. The van der Waals surface area contributed by atoms with E-state index in [-0.39, 0.29) is 18.4 Å². The highest BCUT2D eigenvalue weighted by atomic mass is 16.6. The Morgan fingerprint density at radius 3 is 2.19 bits per heavy atom. The van der Waals surface area contributed by atoms with E-state index < -0.39 is 77.4 Å². The average Bonchev–Trinajstić information content (AvgIpc) is 2.99. The maximum absolute atomic E-state index is 12.9. The van der Waals surface area contributed by atoms with Crippen LogP contribution in [0.4, 0.5) is 0 Å². The summed E-state index contributed by atoms with van der Waals surface area (Å²) in [4.78, 5) is 50.3. The van der Waals surface area contributed by atoms with Gasteiger partial charge in [-0.3, -0.25) is 14.4 Å². The van der Waals surface area contributed by atoms with Crippen LogP contribution in [0, 0.1) is 23.7 Å². The normalized spacial score (nSPS) is 36.0. The molecule has 2 aliphatic rings. The summed E-state index contributed by atoms with van der Waals surface area (Å²) in [6.45, 7) is 13.0. The monoisotopic (exact) mass is 454 g/mol. The van der Waals surface area contributed by atoms with Crippen LogP contribution in [0.2, 0.25) is 0 Å². The number of ketones is 1. The Hall–Kier alpha value is -2.26. The van der Waals surface area contributed by atoms with Crippen molar-refractivity contribution in [1.82, 2.24) is 0 Å². The molecule has 0 amide bonds. The summed E-state index contributed by atoms with van der Waals surface area (Å²) in [6.07, 6.45) is -5.43. The van der Waals surface area contributed by atoms with Gasteiger partial charge in [0.1, 0.15) is 6.10 Å². The molecule has 0 aromatic heterocycles. The molecule has 2 fully saturated rings. The summed E-state index contributed by atoms with van der Waals surface area (Å²) in [5.74, 6) is -5.54. The Morgan fingerprint density at radius 2 is 1.66 bits per heavy atom. The minimum absolute atomic E-state index is 0.0998. The van der Waals surface area contributed by atoms with Crippen LogP contribution in [0.25, 0.3) is 0 Å². The molecule has 2 rings (SSSR count). The quantitative estimate of drug-likeness (QED) is 0.366. The van der Waals surface area contributed by atoms with Gasteiger partial charge in [-0.2, -0.15) is 0 Å². The van der Waals surface area contributed by atoms with Crippen LogP contribution in [0.1, 0.15) is 54.4 Å². The zero-order valence-electron chi connectivity index (χ0n) is 19.5. The smallest absolute Gasteiger partial charge is 0.334 e. The highest BCUT2D eigenvalue weighted by molar-refractivity contribution is 5.92. The molecule has 7 atom stereocenters. The van der Waals surface area contributed by atoms with Crippen molar-refractivity contribution >= 4 is 23.7 Å². The highest BCUT2D eigenvalue weighted by Gasteiger charge is 2.59. The average molecular weight is 455 g/mol. The maximum Gasteiger partial charge on any atom is 0.334 e. The van der Waals surface area contributed by atoms with Crippen LogP contribution in [0.5, 0.6) is 0 Å². The summed E-state index contributed by atoms with van der Waals surface area (Å²) in [5, 5.41) is 22.2. The molecule has 9 heteroatoms. The number of hydrogen-bond donors (Lipinski definition) is 2. The maximum atomic E-state index is 12.9. The summed E-state index contributed by atoms with van der Waals surface area (Å²) in [6, 6.07) is 0. The molecular weight excluding hydrogens is 420 g/mol. The molecule has 9 nitrogen and oxygen atoms in total. The van der Waals surface area contributed by atoms with Gasteiger partial charge in [0.25, 0.3) is 0 Å². The third kappa shape index (κ3) is 5.04. The fourth-order valence-corrected chi connectivity index (χ4v) is 3.90. The van der Waals surface area contributed by atoms with Gasteiger partial charge >= 0.3 is 17.9 Å². The van der Waals surface area contributed by atoms with E-state index in [4.69, 9.17) is 14.2 Å². The van der Waals surface area contributed by atoms with Crippen molar-refractivity contribution in [3.8, 4) is 0 Å². The van der Waals surface area contributed by atoms with Gasteiger partial charge in [-0.15, -0.1) is 0 Å². The molecule has 7 unspecified atom stereocenters. The first-order chi connectivity index (χ1) is 14.7. The van der Waals surface area contributed by atoms with Crippen LogP contribution >= 0.6 is 0 Å². The Bertz CT molecular complexity index is 782. The van der Waals surface area contributed by atoms with E-state index in [9.17, 15) is 29.4 Å².